The van der Waals surface area contributed by atoms with Gasteiger partial charge in [-0.05, 0) is 197 Å². The van der Waals surface area contributed by atoms with Crippen molar-refractivity contribution < 1.29 is 20.1 Å². The molecule has 3 radical (unpaired) electrons. The summed E-state index contributed by atoms with van der Waals surface area (Å²) in [5, 5.41) is 23.6. The van der Waals surface area contributed by atoms with Gasteiger partial charge in [0.25, 0.3) is 0 Å². The maximum Gasteiger partial charge on any atom is 0.145 e. The molecule has 1 aliphatic rings. The zero-order chi connectivity index (χ0) is 98.7. The molecule has 0 spiro atoms. The molecule has 30 rings (SSSR count). The van der Waals surface area contributed by atoms with Gasteiger partial charge in [-0.2, -0.15) is 5.10 Å². The fourth-order valence-corrected chi connectivity index (χ4v) is 22.9. The average Bonchev–Trinajstić information content (AvgIpc) is 1.35. The molecule has 0 saturated heterocycles. The minimum Gasteiger partial charge on any atom is -0.351 e. The van der Waals surface area contributed by atoms with Crippen molar-refractivity contribution in [2.75, 3.05) is 6.06 Å². The fourth-order valence-electron chi connectivity index (χ4n) is 21.6. The number of aryl methyl sites for hydroxylation is 1. The largest absolute Gasteiger partial charge is 0.351 e. The Morgan fingerprint density at radius 3 is 1.11 bits per heavy atom. The molecule has 1 atom stereocenters. The molecule has 9 aromatic heterocycles. The maximum atomic E-state index is 5.06. The molecule has 1 unspecified atom stereocenters. The van der Waals surface area contributed by atoms with E-state index in [1.54, 1.807) is 0 Å². The summed E-state index contributed by atoms with van der Waals surface area (Å²) in [6, 6.07) is 180. The van der Waals surface area contributed by atoms with Gasteiger partial charge in [-0.25, -0.2) is 4.98 Å². The predicted molar refractivity (Wildman–Crippen MR) is 626 cm³/mol. The molecular formula is C134H96BIrN11PS-. The number of benzene rings is 20. The summed E-state index contributed by atoms with van der Waals surface area (Å²) in [6.07, 6.45) is 7.27. The Labute approximate surface area is 883 Å². The monoisotopic (exact) mass is 2130 g/mol. The summed E-state index contributed by atoms with van der Waals surface area (Å²) in [7, 11) is 7.17. The van der Waals surface area contributed by atoms with Crippen LogP contribution in [-0.2, 0) is 33.1 Å². The van der Waals surface area contributed by atoms with Crippen LogP contribution < -0.4 is 0 Å². The van der Waals surface area contributed by atoms with E-state index in [0.717, 1.165) is 80.1 Å². The van der Waals surface area contributed by atoms with Gasteiger partial charge < -0.3 is 22.8 Å². The van der Waals surface area contributed by atoms with Crippen molar-refractivity contribution in [1.82, 2.24) is 52.6 Å². The van der Waals surface area contributed by atoms with E-state index in [1.807, 2.05) is 66.2 Å². The summed E-state index contributed by atoms with van der Waals surface area (Å²) in [4.78, 5) is 14.4. The SMILES string of the molecule is [B]CP.[Ir].[c-]1ccccc1-c1nnc2n1CCCC2.c1cc(-n2c3ccccc3c3ccccc32)cc(-n2c3ccccc3c3ccccc32)c1.c1ccc(-c2ccnc3c2ccc2c(-c4ccccc4)ccnc23)cc1.c1ccc(-n2c(-c3cccc(-c4cccc5c4sc4ccccc45)c3)nc3ccccc32)cc1.c1ccc2c(c1)c1ccccc1n2-c1ccc(-c2ccc(-n3c4ccccc4c4ccccc43)cc2)cc1. The van der Waals surface area contributed by atoms with Crippen molar-refractivity contribution in [3.05, 3.63) is 522 Å². The Morgan fingerprint density at radius 2 is 0.644 bits per heavy atom. The number of fused-ring (bicyclic) bond motifs is 20. The van der Waals surface area contributed by atoms with Crippen LogP contribution in [0, 0.1) is 6.07 Å². The normalized spacial score (nSPS) is 11.7. The van der Waals surface area contributed by atoms with Crippen LogP contribution in [0.15, 0.2) is 510 Å². The quantitative estimate of drug-likeness (QED) is 0.0557. The fraction of sp³-hybridized carbons (Fsp3) is 0.0373. The zero-order valence-electron chi connectivity index (χ0n) is 81.3. The van der Waals surface area contributed by atoms with Crippen LogP contribution in [0.3, 0.4) is 0 Å². The summed E-state index contributed by atoms with van der Waals surface area (Å²) in [5.41, 5.74) is 31.5. The molecule has 0 saturated carbocycles. The Hall–Kier alpha value is -17.6. The third-order valence-electron chi connectivity index (χ3n) is 28.3. The van der Waals surface area contributed by atoms with Gasteiger partial charge >= 0.3 is 0 Å². The number of para-hydroxylation sites is 11. The van der Waals surface area contributed by atoms with E-state index in [1.165, 1.54) is 187 Å². The number of pyridine rings is 2. The van der Waals surface area contributed by atoms with Crippen molar-refractivity contribution in [3.63, 3.8) is 0 Å². The Morgan fingerprint density at radius 1 is 0.275 bits per heavy atom. The van der Waals surface area contributed by atoms with E-state index in [4.69, 9.17) is 12.8 Å². The topological polar surface area (TPSA) is 94.0 Å². The number of aromatic nitrogens is 11. The number of hydrogen-bond acceptors (Lipinski definition) is 6. The van der Waals surface area contributed by atoms with Crippen LogP contribution in [0.1, 0.15) is 18.7 Å². The molecule has 0 amide bonds. The van der Waals surface area contributed by atoms with Crippen LogP contribution in [0.2, 0.25) is 0 Å². The molecule has 29 aromatic rings. The molecule has 15 heteroatoms. The molecule has 20 aromatic carbocycles. The Bertz CT molecular complexity index is 9350. The minimum atomic E-state index is 0. The molecule has 149 heavy (non-hydrogen) atoms. The smallest absolute Gasteiger partial charge is 0.145 e. The summed E-state index contributed by atoms with van der Waals surface area (Å²) in [5.74, 6) is 3.04. The van der Waals surface area contributed by atoms with E-state index in [9.17, 15) is 0 Å². The molecule has 0 N–H and O–H groups in total. The maximum absolute atomic E-state index is 5.06. The van der Waals surface area contributed by atoms with Gasteiger partial charge in [0.1, 0.15) is 11.6 Å². The van der Waals surface area contributed by atoms with E-state index >= 15 is 0 Å². The first-order chi connectivity index (χ1) is 73.4. The van der Waals surface area contributed by atoms with Crippen LogP contribution in [0.25, 0.3) is 236 Å². The number of thiophene rings is 1. The third-order valence-corrected chi connectivity index (χ3v) is 29.5. The second kappa shape index (κ2) is 41.9. The van der Waals surface area contributed by atoms with Gasteiger partial charge in [0, 0.05) is 153 Å². The van der Waals surface area contributed by atoms with Gasteiger partial charge in [0.15, 0.2) is 0 Å². The molecule has 0 aliphatic carbocycles. The number of nitrogens with zero attached hydrogens (tertiary/aromatic N) is 11. The summed E-state index contributed by atoms with van der Waals surface area (Å²) < 4.78 is 16.6. The summed E-state index contributed by atoms with van der Waals surface area (Å²) >= 11 is 1.87. The van der Waals surface area contributed by atoms with Crippen molar-refractivity contribution in [2.24, 2.45) is 0 Å². The molecular weight excluding hydrogens is 2030 g/mol. The predicted octanol–water partition coefficient (Wildman–Crippen LogP) is 34.3. The van der Waals surface area contributed by atoms with Gasteiger partial charge in [-0.15, -0.1) is 61.6 Å². The average molecular weight is 2130 g/mol. The molecule has 0 bridgehead atoms. The molecule has 711 valence electrons. The van der Waals surface area contributed by atoms with E-state index in [2.05, 4.69) is 518 Å². The van der Waals surface area contributed by atoms with Gasteiger partial charge in [0.05, 0.1) is 79.9 Å². The van der Waals surface area contributed by atoms with Crippen molar-refractivity contribution in [3.8, 4) is 95.7 Å². The first-order valence-corrected chi connectivity index (χ1v) is 51.9. The summed E-state index contributed by atoms with van der Waals surface area (Å²) in [6.45, 7) is 1.04. The van der Waals surface area contributed by atoms with E-state index in [0.29, 0.717) is 6.06 Å². The third kappa shape index (κ3) is 17.8. The first kappa shape index (κ1) is 93.7. The van der Waals surface area contributed by atoms with Crippen LogP contribution in [-0.4, -0.2) is 66.5 Å². The Balaban J connectivity index is 0.000000101. The Kier molecular flexibility index (Phi) is 26.3. The van der Waals surface area contributed by atoms with E-state index < -0.39 is 0 Å². The molecule has 0 fully saturated rings. The van der Waals surface area contributed by atoms with E-state index in [-0.39, 0.29) is 20.1 Å². The molecule has 11 nitrogen and oxygen atoms in total. The van der Waals surface area contributed by atoms with Crippen LogP contribution in [0.4, 0.5) is 0 Å². The zero-order valence-corrected chi connectivity index (χ0v) is 85.7. The van der Waals surface area contributed by atoms with Crippen LogP contribution in [0.5, 0.6) is 0 Å². The molecule has 10 heterocycles. The standard InChI is InChI=1S/C36H24N2.C31H20N2S.C30H20N2.C24H16N2.C12H12N3.CH4BP.Ir/c1-5-13-33-29(9-1)30-10-2-6-14-34(30)37(33)27-21-17-25(18-22-27)26-19-23-28(24-20-26)38-35-15-7-3-11-31(35)32-12-4-8-16-36(32)38;1-2-12-23(13-3-1)33-28-18-6-5-17-27(28)32-31(33)22-11-8-10-21(20-22)24-15-9-16-26-25-14-4-7-19-29(25)34-30(24)26;1-5-16-27-23(12-1)24-13-2-6-17-28(24)31(27)21-10-9-11-22(20-21)32-29-18-7-3-14-25(29)26-15-4-8-19-30(26)32;1-3-7-17(8-4-1)19-13-15-25-23-21(19)11-12-22-20(14-16-26-24(22)23)18-9-5-2-6-10-18;1-2-6-10(7-3-1)12-14-13-11-8-4-5-9-15(11)12;2-1-3;/h1-24H;1-20H;1-20H;1-16H;1-3,6H,4-5,8-9H2;1,3H2;/q;;;;-1;;. The van der Waals surface area contributed by atoms with Crippen molar-refractivity contribution >= 4 is 169 Å². The van der Waals surface area contributed by atoms with Crippen molar-refractivity contribution in [1.29, 1.82) is 0 Å². The second-order valence-corrected chi connectivity index (χ2v) is 38.4. The minimum absolute atomic E-state index is 0. The number of imidazole rings is 1. The number of hydrogen-bond donors (Lipinski definition) is 0. The van der Waals surface area contributed by atoms with Crippen molar-refractivity contribution in [2.45, 2.75) is 25.8 Å². The first-order valence-electron chi connectivity index (χ1n) is 50.3. The van der Waals surface area contributed by atoms with Crippen LogP contribution >= 0.6 is 20.6 Å². The van der Waals surface area contributed by atoms with Gasteiger partial charge in [-0.1, -0.05) is 340 Å². The van der Waals surface area contributed by atoms with Gasteiger partial charge in [0.2, 0.25) is 0 Å². The number of rotatable bonds is 11. The molecule has 1 aliphatic heterocycles. The second-order valence-electron chi connectivity index (χ2n) is 36.9. The van der Waals surface area contributed by atoms with Gasteiger partial charge in [-0.3, -0.25) is 14.5 Å².